The fourth-order valence-electron chi connectivity index (χ4n) is 3.83. The predicted molar refractivity (Wildman–Crippen MR) is 94.9 cm³/mol. The van der Waals surface area contributed by atoms with Gasteiger partial charge < -0.3 is 29.7 Å². The van der Waals surface area contributed by atoms with Crippen LogP contribution in [-0.2, 0) is 17.6 Å². The number of nitrogens with zero attached hydrogens (tertiary/aromatic N) is 2. The van der Waals surface area contributed by atoms with Crippen molar-refractivity contribution in [2.45, 2.75) is 69.2 Å². The van der Waals surface area contributed by atoms with Crippen molar-refractivity contribution in [3.63, 3.8) is 0 Å². The van der Waals surface area contributed by atoms with E-state index < -0.39 is 37.3 Å². The van der Waals surface area contributed by atoms with E-state index in [1.165, 1.54) is 0 Å². The average molecular weight is 380 g/mol. The highest BCUT2D eigenvalue weighted by atomic mass is 32.1. The number of ether oxygens (including phenoxy) is 1. The zero-order chi connectivity index (χ0) is 18.8. The van der Waals surface area contributed by atoms with Gasteiger partial charge in [-0.25, -0.2) is 0 Å². The summed E-state index contributed by atoms with van der Waals surface area (Å²) in [6, 6.07) is 3.91. The van der Waals surface area contributed by atoms with Crippen LogP contribution in [0.4, 0.5) is 0 Å². The van der Waals surface area contributed by atoms with Crippen LogP contribution < -0.4 is 0 Å². The fourth-order valence-corrected chi connectivity index (χ4v) is 4.15. The van der Waals surface area contributed by atoms with Gasteiger partial charge in [0.1, 0.15) is 35.1 Å². The number of pyridine rings is 1. The van der Waals surface area contributed by atoms with Gasteiger partial charge >= 0.3 is 0 Å². The summed E-state index contributed by atoms with van der Waals surface area (Å²) in [6.07, 6.45) is -0.745. The van der Waals surface area contributed by atoms with E-state index in [0.717, 1.165) is 49.8 Å². The van der Waals surface area contributed by atoms with Crippen molar-refractivity contribution >= 4 is 12.2 Å². The molecule has 4 N–H and O–H groups in total. The van der Waals surface area contributed by atoms with Crippen LogP contribution in [0.2, 0.25) is 0 Å². The van der Waals surface area contributed by atoms with E-state index in [4.69, 9.17) is 17.0 Å². The van der Waals surface area contributed by atoms with Gasteiger partial charge in [-0.3, -0.25) is 0 Å². The first-order chi connectivity index (χ1) is 12.5. The second-order valence-electron chi connectivity index (χ2n) is 6.95. The molecule has 0 bridgehead atoms. The summed E-state index contributed by atoms with van der Waals surface area (Å²) in [5.41, 5.74) is 2.20. The van der Waals surface area contributed by atoms with E-state index in [1.54, 1.807) is 4.57 Å². The molecule has 1 aliphatic carbocycles. The number of aromatic nitrogens is 1. The lowest BCUT2D eigenvalue weighted by molar-refractivity contribution is -0.252. The third-order valence-corrected chi connectivity index (χ3v) is 5.70. The van der Waals surface area contributed by atoms with Gasteiger partial charge in [0.2, 0.25) is 0 Å². The molecular formula is C18H24N2O5S. The molecule has 7 nitrogen and oxygen atoms in total. The Bertz CT molecular complexity index is 757. The lowest BCUT2D eigenvalue weighted by atomic mass is 9.94. The fraction of sp³-hybridized carbons (Fsp3) is 0.667. The Kier molecular flexibility index (Phi) is 6.07. The van der Waals surface area contributed by atoms with E-state index >= 15 is 0 Å². The van der Waals surface area contributed by atoms with Gasteiger partial charge in [-0.15, -0.1) is 0 Å². The molecule has 2 aliphatic rings. The molecule has 0 radical (unpaired) electrons. The molecule has 2 heterocycles. The van der Waals surface area contributed by atoms with Crippen LogP contribution in [-0.4, -0.2) is 56.0 Å². The zero-order valence-corrected chi connectivity index (χ0v) is 15.2. The number of aliphatic hydroxyl groups excluding tert-OH is 4. The number of nitriles is 1. The summed E-state index contributed by atoms with van der Waals surface area (Å²) in [6.45, 7) is -0.505. The SMILES string of the molecule is N#Cc1cc2c(n([C@@H]3O[C@@H](CO)[C@@H](O)[C@@H](O)[C@@H]3O)c1=S)CCCCCC2. The molecule has 1 fully saturated rings. The standard InChI is InChI=1S/C18H24N2O5S/c19-8-11-7-10-5-3-1-2-4-6-12(10)20(18(11)26)17-16(24)15(23)14(22)13(9-21)25-17/h7,13-17,21-24H,1-6,9H2/t13-,14+,15+,16-,17+/m0/s1. The van der Waals surface area contributed by atoms with Gasteiger partial charge in [0.05, 0.1) is 12.2 Å². The van der Waals surface area contributed by atoms with E-state index in [-0.39, 0.29) is 4.64 Å². The summed E-state index contributed by atoms with van der Waals surface area (Å²) >= 11 is 5.47. The van der Waals surface area contributed by atoms with Crippen LogP contribution in [0, 0.1) is 16.0 Å². The summed E-state index contributed by atoms with van der Waals surface area (Å²) in [5.74, 6) is 0. The predicted octanol–water partition coefficient (Wildman–Crippen LogP) is 0.721. The Morgan fingerprint density at radius 1 is 1.12 bits per heavy atom. The van der Waals surface area contributed by atoms with Crippen molar-refractivity contribution in [1.82, 2.24) is 4.57 Å². The number of hydrogen-bond donors (Lipinski definition) is 4. The second kappa shape index (κ2) is 8.13. The number of hydrogen-bond acceptors (Lipinski definition) is 7. The van der Waals surface area contributed by atoms with Gasteiger partial charge in [0.15, 0.2) is 6.23 Å². The molecule has 3 rings (SSSR count). The monoisotopic (exact) mass is 380 g/mol. The highest BCUT2D eigenvalue weighted by Gasteiger charge is 2.45. The summed E-state index contributed by atoms with van der Waals surface area (Å²) in [4.78, 5) is 0. The molecule has 1 aliphatic heterocycles. The number of aliphatic hydroxyl groups is 4. The van der Waals surface area contributed by atoms with Gasteiger partial charge in [0, 0.05) is 5.69 Å². The van der Waals surface area contributed by atoms with Crippen LogP contribution in [0.25, 0.3) is 0 Å². The molecule has 1 saturated heterocycles. The minimum Gasteiger partial charge on any atom is -0.394 e. The summed E-state index contributed by atoms with van der Waals surface area (Å²) < 4.78 is 7.55. The van der Waals surface area contributed by atoms with Crippen molar-refractivity contribution in [3.05, 3.63) is 27.5 Å². The van der Waals surface area contributed by atoms with Crippen molar-refractivity contribution < 1.29 is 25.2 Å². The maximum absolute atomic E-state index is 10.5. The lowest BCUT2D eigenvalue weighted by Gasteiger charge is -2.42. The van der Waals surface area contributed by atoms with Crippen LogP contribution in [0.1, 0.15) is 48.7 Å². The molecule has 0 saturated carbocycles. The molecule has 1 aromatic rings. The maximum atomic E-state index is 10.5. The van der Waals surface area contributed by atoms with Crippen molar-refractivity contribution in [3.8, 4) is 6.07 Å². The average Bonchev–Trinajstić information content (AvgIpc) is 2.62. The van der Waals surface area contributed by atoms with Crippen molar-refractivity contribution in [1.29, 1.82) is 5.26 Å². The molecule has 8 heteroatoms. The molecule has 0 aromatic carbocycles. The molecule has 0 spiro atoms. The Hall–Kier alpha value is -1.34. The van der Waals surface area contributed by atoms with Gasteiger partial charge in [-0.1, -0.05) is 25.1 Å². The minimum atomic E-state index is -1.48. The highest BCUT2D eigenvalue weighted by Crippen LogP contribution is 2.33. The number of rotatable bonds is 2. The summed E-state index contributed by atoms with van der Waals surface area (Å²) in [5, 5.41) is 49.6. The number of fused-ring (bicyclic) bond motifs is 1. The zero-order valence-electron chi connectivity index (χ0n) is 14.4. The topological polar surface area (TPSA) is 119 Å². The van der Waals surface area contributed by atoms with E-state index in [1.807, 2.05) is 6.07 Å². The van der Waals surface area contributed by atoms with Gasteiger partial charge in [-0.2, -0.15) is 5.26 Å². The van der Waals surface area contributed by atoms with E-state index in [9.17, 15) is 25.7 Å². The molecule has 1 aromatic heterocycles. The maximum Gasteiger partial charge on any atom is 0.164 e. The first-order valence-corrected chi connectivity index (χ1v) is 9.38. The quantitative estimate of drug-likeness (QED) is 0.558. The number of aryl methyl sites for hydroxylation is 1. The highest BCUT2D eigenvalue weighted by molar-refractivity contribution is 7.71. The first kappa shape index (κ1) is 19.4. The normalized spacial score (nSPS) is 32.2. The Labute approximate surface area is 157 Å². The minimum absolute atomic E-state index is 0.233. The van der Waals surface area contributed by atoms with Crippen molar-refractivity contribution in [2.24, 2.45) is 0 Å². The third-order valence-electron chi connectivity index (χ3n) is 5.28. The van der Waals surface area contributed by atoms with Crippen LogP contribution >= 0.6 is 12.2 Å². The van der Waals surface area contributed by atoms with Crippen LogP contribution in [0.3, 0.4) is 0 Å². The van der Waals surface area contributed by atoms with Gasteiger partial charge in [0.25, 0.3) is 0 Å². The molecule has 5 atom stereocenters. The van der Waals surface area contributed by atoms with E-state index in [0.29, 0.717) is 5.56 Å². The molecular weight excluding hydrogens is 356 g/mol. The Morgan fingerprint density at radius 3 is 2.46 bits per heavy atom. The molecule has 0 amide bonds. The molecule has 0 unspecified atom stereocenters. The Morgan fingerprint density at radius 2 is 1.81 bits per heavy atom. The second-order valence-corrected chi connectivity index (χ2v) is 7.34. The lowest BCUT2D eigenvalue weighted by Crippen LogP contribution is -2.56. The van der Waals surface area contributed by atoms with Crippen LogP contribution in [0.5, 0.6) is 0 Å². The smallest absolute Gasteiger partial charge is 0.164 e. The summed E-state index contributed by atoms with van der Waals surface area (Å²) in [7, 11) is 0. The Balaban J connectivity index is 2.15. The largest absolute Gasteiger partial charge is 0.394 e. The third kappa shape index (κ3) is 3.43. The van der Waals surface area contributed by atoms with Gasteiger partial charge in [-0.05, 0) is 37.3 Å². The van der Waals surface area contributed by atoms with Crippen LogP contribution in [0.15, 0.2) is 6.07 Å². The van der Waals surface area contributed by atoms with E-state index in [2.05, 4.69) is 6.07 Å². The van der Waals surface area contributed by atoms with Crippen molar-refractivity contribution in [2.75, 3.05) is 6.61 Å². The molecule has 142 valence electrons. The molecule has 26 heavy (non-hydrogen) atoms. The first-order valence-electron chi connectivity index (χ1n) is 8.97.